The fourth-order valence-electron chi connectivity index (χ4n) is 3.37. The van der Waals surface area contributed by atoms with Crippen LogP contribution in [0.1, 0.15) is 30.0 Å². The van der Waals surface area contributed by atoms with Crippen LogP contribution in [0, 0.1) is 5.92 Å². The van der Waals surface area contributed by atoms with Crippen molar-refractivity contribution in [3.8, 4) is 0 Å². The number of esters is 1. The average Bonchev–Trinajstić information content (AvgIpc) is 3.03. The van der Waals surface area contributed by atoms with Crippen molar-refractivity contribution in [3.05, 3.63) is 33.8 Å². The van der Waals surface area contributed by atoms with Crippen molar-refractivity contribution < 1.29 is 9.53 Å². The van der Waals surface area contributed by atoms with Gasteiger partial charge in [0.2, 0.25) is 0 Å². The number of nitrogens with zero attached hydrogens (tertiary/aromatic N) is 1. The molecule has 1 heterocycles. The predicted molar refractivity (Wildman–Crippen MR) is 76.9 cm³/mol. The summed E-state index contributed by atoms with van der Waals surface area (Å²) in [7, 11) is 1.48. The lowest BCUT2D eigenvalue weighted by Crippen LogP contribution is -2.27. The van der Waals surface area contributed by atoms with Crippen molar-refractivity contribution in [1.29, 1.82) is 0 Å². The van der Waals surface area contributed by atoms with E-state index in [1.807, 2.05) is 0 Å². The van der Waals surface area contributed by atoms with Gasteiger partial charge in [0.15, 0.2) is 0 Å². The number of ether oxygens (including phenoxy) is 1. The van der Waals surface area contributed by atoms with Gasteiger partial charge >= 0.3 is 5.97 Å². The van der Waals surface area contributed by atoms with Gasteiger partial charge < -0.3 is 4.74 Å². The molecule has 1 aliphatic carbocycles. The van der Waals surface area contributed by atoms with Crippen molar-refractivity contribution in [2.75, 3.05) is 20.2 Å². The summed E-state index contributed by atoms with van der Waals surface area (Å²) in [6, 6.07) is 7.05. The Labute approximate surface area is 122 Å². The number of aryl methyl sites for hydroxylation is 1. The van der Waals surface area contributed by atoms with Gasteiger partial charge in [-0.05, 0) is 49.1 Å². The molecule has 1 fully saturated rings. The van der Waals surface area contributed by atoms with E-state index in [2.05, 4.69) is 39.0 Å². The number of benzene rings is 1. The molecule has 4 heteroatoms. The maximum absolute atomic E-state index is 11.6. The monoisotopic (exact) mass is 323 g/mol. The minimum absolute atomic E-state index is 0.0588. The first-order chi connectivity index (χ1) is 9.19. The highest BCUT2D eigenvalue weighted by molar-refractivity contribution is 9.10. The highest BCUT2D eigenvalue weighted by Gasteiger charge is 2.36. The minimum Gasteiger partial charge on any atom is -0.469 e. The van der Waals surface area contributed by atoms with Crippen LogP contribution in [0.4, 0.5) is 0 Å². The van der Waals surface area contributed by atoms with Gasteiger partial charge in [0.25, 0.3) is 0 Å². The number of hydrogen-bond donors (Lipinski definition) is 0. The summed E-state index contributed by atoms with van der Waals surface area (Å²) in [6.45, 7) is 1.84. The summed E-state index contributed by atoms with van der Waals surface area (Å²) in [5, 5.41) is 0. The molecule has 1 saturated heterocycles. The first-order valence-electron chi connectivity index (χ1n) is 6.79. The Morgan fingerprint density at radius 3 is 3.05 bits per heavy atom. The van der Waals surface area contributed by atoms with E-state index in [0.717, 1.165) is 30.4 Å². The molecule has 0 aromatic heterocycles. The van der Waals surface area contributed by atoms with Crippen LogP contribution in [0.25, 0.3) is 0 Å². The molecule has 0 amide bonds. The van der Waals surface area contributed by atoms with Crippen molar-refractivity contribution in [2.24, 2.45) is 5.92 Å². The van der Waals surface area contributed by atoms with Gasteiger partial charge in [-0.1, -0.05) is 22.0 Å². The number of likely N-dealkylation sites (tertiary alicyclic amines) is 1. The summed E-state index contributed by atoms with van der Waals surface area (Å²) < 4.78 is 6.01. The molecule has 1 aromatic carbocycles. The fraction of sp³-hybridized carbons (Fsp3) is 0.533. The average molecular weight is 324 g/mol. The Morgan fingerprint density at radius 1 is 1.42 bits per heavy atom. The lowest BCUT2D eigenvalue weighted by atomic mass is 10.1. The molecule has 3 rings (SSSR count). The summed E-state index contributed by atoms with van der Waals surface area (Å²) in [5.74, 6) is 0.000949. The van der Waals surface area contributed by atoms with E-state index in [9.17, 15) is 4.79 Å². The standard InChI is InChI=1S/C15H18BrNO2/c1-19-15(18)11-6-7-17(9-11)14-5-2-10-8-12(16)3-4-13(10)14/h3-4,8,11,14H,2,5-7,9H2,1H3/t11-,14?/m1/s1. The molecule has 0 radical (unpaired) electrons. The Balaban J connectivity index is 1.75. The lowest BCUT2D eigenvalue weighted by molar-refractivity contribution is -0.145. The highest BCUT2D eigenvalue weighted by Crippen LogP contribution is 2.39. The van der Waals surface area contributed by atoms with E-state index < -0.39 is 0 Å². The van der Waals surface area contributed by atoms with E-state index >= 15 is 0 Å². The molecule has 1 unspecified atom stereocenters. The zero-order valence-corrected chi connectivity index (χ0v) is 12.6. The first kappa shape index (κ1) is 13.1. The van der Waals surface area contributed by atoms with Crippen LogP contribution < -0.4 is 0 Å². The summed E-state index contributed by atoms with van der Waals surface area (Å²) in [5.41, 5.74) is 2.88. The molecule has 3 nitrogen and oxygen atoms in total. The molecule has 1 aromatic rings. The largest absolute Gasteiger partial charge is 0.469 e. The van der Waals surface area contributed by atoms with E-state index in [0.29, 0.717) is 6.04 Å². The van der Waals surface area contributed by atoms with E-state index in [1.54, 1.807) is 0 Å². The third-order valence-corrected chi connectivity index (χ3v) is 4.84. The van der Waals surface area contributed by atoms with Gasteiger partial charge in [-0.15, -0.1) is 0 Å². The zero-order valence-electron chi connectivity index (χ0n) is 11.1. The van der Waals surface area contributed by atoms with Crippen molar-refractivity contribution >= 4 is 21.9 Å². The normalized spacial score (nSPS) is 26.4. The van der Waals surface area contributed by atoms with Crippen LogP contribution in [0.2, 0.25) is 0 Å². The lowest BCUT2D eigenvalue weighted by Gasteiger charge is -2.24. The van der Waals surface area contributed by atoms with Gasteiger partial charge in [0.05, 0.1) is 13.0 Å². The summed E-state index contributed by atoms with van der Waals surface area (Å²) in [6.07, 6.45) is 3.23. The van der Waals surface area contributed by atoms with Crippen molar-refractivity contribution in [2.45, 2.75) is 25.3 Å². The SMILES string of the molecule is COC(=O)[C@@H]1CCN(C2CCc3cc(Br)ccc32)C1. The van der Waals surface area contributed by atoms with Gasteiger partial charge in [-0.2, -0.15) is 0 Å². The molecule has 102 valence electrons. The second-order valence-corrected chi connectivity index (χ2v) is 6.32. The van der Waals surface area contributed by atoms with Crippen LogP contribution in [-0.2, 0) is 16.0 Å². The quantitative estimate of drug-likeness (QED) is 0.784. The van der Waals surface area contributed by atoms with Crippen LogP contribution in [0.15, 0.2) is 22.7 Å². The molecule has 2 atom stereocenters. The third kappa shape index (κ3) is 2.43. The number of carbonyl (C=O) groups is 1. The number of methoxy groups -OCH3 is 1. The number of fused-ring (bicyclic) bond motifs is 1. The van der Waals surface area contributed by atoms with Gasteiger partial charge in [0.1, 0.15) is 0 Å². The first-order valence-corrected chi connectivity index (χ1v) is 7.58. The second-order valence-electron chi connectivity index (χ2n) is 5.40. The molecule has 0 spiro atoms. The zero-order chi connectivity index (χ0) is 13.4. The number of halogens is 1. The topological polar surface area (TPSA) is 29.5 Å². The molecule has 1 aliphatic heterocycles. The highest BCUT2D eigenvalue weighted by atomic mass is 79.9. The van der Waals surface area contributed by atoms with Crippen LogP contribution in [-0.4, -0.2) is 31.1 Å². The molecular formula is C15H18BrNO2. The Morgan fingerprint density at radius 2 is 2.26 bits per heavy atom. The maximum Gasteiger partial charge on any atom is 0.310 e. The van der Waals surface area contributed by atoms with E-state index in [1.165, 1.54) is 24.7 Å². The van der Waals surface area contributed by atoms with Gasteiger partial charge in [0, 0.05) is 17.1 Å². The smallest absolute Gasteiger partial charge is 0.310 e. The van der Waals surface area contributed by atoms with E-state index in [-0.39, 0.29) is 11.9 Å². The number of rotatable bonds is 2. The Hall–Kier alpha value is -0.870. The predicted octanol–water partition coefficient (Wildman–Crippen LogP) is 2.93. The van der Waals surface area contributed by atoms with Crippen LogP contribution >= 0.6 is 15.9 Å². The van der Waals surface area contributed by atoms with Gasteiger partial charge in [-0.25, -0.2) is 0 Å². The molecule has 0 saturated carbocycles. The van der Waals surface area contributed by atoms with Crippen LogP contribution in [0.5, 0.6) is 0 Å². The molecule has 0 N–H and O–H groups in total. The maximum atomic E-state index is 11.6. The van der Waals surface area contributed by atoms with Crippen molar-refractivity contribution in [3.63, 3.8) is 0 Å². The van der Waals surface area contributed by atoms with Crippen LogP contribution in [0.3, 0.4) is 0 Å². The second kappa shape index (κ2) is 5.25. The van der Waals surface area contributed by atoms with Gasteiger partial charge in [-0.3, -0.25) is 9.69 Å². The minimum atomic E-state index is -0.0588. The van der Waals surface area contributed by atoms with E-state index in [4.69, 9.17) is 4.74 Å². The Bertz CT molecular complexity index is 503. The summed E-state index contributed by atoms with van der Waals surface area (Å²) in [4.78, 5) is 14.1. The molecular weight excluding hydrogens is 306 g/mol. The fourth-order valence-corrected chi connectivity index (χ4v) is 3.78. The molecule has 2 aliphatic rings. The number of carbonyl (C=O) groups excluding carboxylic acids is 1. The number of hydrogen-bond acceptors (Lipinski definition) is 3. The summed E-state index contributed by atoms with van der Waals surface area (Å²) >= 11 is 3.53. The molecule has 19 heavy (non-hydrogen) atoms. The molecule has 0 bridgehead atoms. The third-order valence-electron chi connectivity index (χ3n) is 4.35. The van der Waals surface area contributed by atoms with Crippen molar-refractivity contribution in [1.82, 2.24) is 4.90 Å². The Kier molecular flexibility index (Phi) is 3.63.